The van der Waals surface area contributed by atoms with Gasteiger partial charge in [-0.3, -0.25) is 4.79 Å². The van der Waals surface area contributed by atoms with E-state index in [1.807, 2.05) is 68.4 Å². The summed E-state index contributed by atoms with van der Waals surface area (Å²) in [6.07, 6.45) is 0. The van der Waals surface area contributed by atoms with Crippen molar-refractivity contribution in [2.75, 3.05) is 7.11 Å². The van der Waals surface area contributed by atoms with E-state index in [2.05, 4.69) is 0 Å². The molecule has 0 aliphatic rings. The number of methoxy groups -OCH3 is 1. The zero-order valence-electron chi connectivity index (χ0n) is 11.5. The predicted molar refractivity (Wildman–Crippen MR) is 76.3 cm³/mol. The normalized spacial score (nSPS) is 13.8. The third-order valence-electron chi connectivity index (χ3n) is 3.48. The van der Waals surface area contributed by atoms with Gasteiger partial charge in [0.2, 0.25) is 0 Å². The molecule has 0 bridgehead atoms. The highest BCUT2D eigenvalue weighted by atomic mass is 16.5. The number of benzene rings is 2. The van der Waals surface area contributed by atoms with E-state index in [1.165, 1.54) is 0 Å². The fraction of sp³-hybridized carbons (Fsp3) is 0.235. The van der Waals surface area contributed by atoms with Crippen molar-refractivity contribution >= 4 is 5.78 Å². The lowest BCUT2D eigenvalue weighted by molar-refractivity contribution is 0.0101. The Balaban J connectivity index is 2.43. The van der Waals surface area contributed by atoms with Crippen molar-refractivity contribution in [2.45, 2.75) is 19.4 Å². The third-order valence-corrected chi connectivity index (χ3v) is 3.48. The number of carbonyl (C=O) groups excluding carboxylic acids is 1. The average molecular weight is 254 g/mol. The molecule has 0 fully saturated rings. The summed E-state index contributed by atoms with van der Waals surface area (Å²) in [4.78, 5) is 12.7. The van der Waals surface area contributed by atoms with Gasteiger partial charge in [0.1, 0.15) is 0 Å². The van der Waals surface area contributed by atoms with Crippen LogP contribution in [0.15, 0.2) is 54.6 Å². The Morgan fingerprint density at radius 3 is 2.11 bits per heavy atom. The molecule has 2 nitrogen and oxygen atoms in total. The van der Waals surface area contributed by atoms with Gasteiger partial charge in [-0.05, 0) is 19.4 Å². The maximum absolute atomic E-state index is 12.7. The fourth-order valence-corrected chi connectivity index (χ4v) is 2.08. The molecule has 0 aliphatic carbocycles. The topological polar surface area (TPSA) is 26.3 Å². The van der Waals surface area contributed by atoms with Gasteiger partial charge in [0, 0.05) is 12.7 Å². The Hall–Kier alpha value is -1.93. The number of Topliss-reactive ketones (excluding diaryl/α,β-unsaturated/α-hetero) is 1. The van der Waals surface area contributed by atoms with Crippen LogP contribution in [0.1, 0.15) is 28.4 Å². The number of ketones is 1. The van der Waals surface area contributed by atoms with Crippen LogP contribution in [0.25, 0.3) is 0 Å². The van der Waals surface area contributed by atoms with E-state index in [9.17, 15) is 4.79 Å². The Morgan fingerprint density at radius 2 is 1.58 bits per heavy atom. The Labute approximate surface area is 114 Å². The Kier molecular flexibility index (Phi) is 3.82. The average Bonchev–Trinajstić information content (AvgIpc) is 2.47. The first-order valence-corrected chi connectivity index (χ1v) is 6.30. The first-order valence-electron chi connectivity index (χ1n) is 6.30. The van der Waals surface area contributed by atoms with Crippen LogP contribution in [0.3, 0.4) is 0 Å². The van der Waals surface area contributed by atoms with Gasteiger partial charge in [-0.2, -0.15) is 0 Å². The molecule has 0 aromatic heterocycles. The highest BCUT2D eigenvalue weighted by Gasteiger charge is 2.35. The number of aryl methyl sites for hydroxylation is 1. The molecular formula is C17H18O2. The molecule has 2 rings (SSSR count). The summed E-state index contributed by atoms with van der Waals surface area (Å²) in [5.41, 5.74) is 1.74. The summed E-state index contributed by atoms with van der Waals surface area (Å²) in [6, 6.07) is 17.1. The van der Waals surface area contributed by atoms with Crippen LogP contribution in [0.5, 0.6) is 0 Å². The second-order valence-electron chi connectivity index (χ2n) is 4.80. The molecule has 0 saturated carbocycles. The molecule has 2 heteroatoms. The number of hydrogen-bond donors (Lipinski definition) is 0. The molecule has 1 atom stereocenters. The van der Waals surface area contributed by atoms with Crippen molar-refractivity contribution in [1.82, 2.24) is 0 Å². The number of carbonyl (C=O) groups is 1. The van der Waals surface area contributed by atoms with Crippen LogP contribution in [-0.4, -0.2) is 12.9 Å². The van der Waals surface area contributed by atoms with E-state index in [0.717, 1.165) is 11.1 Å². The minimum absolute atomic E-state index is 0.0283. The highest BCUT2D eigenvalue weighted by Crippen LogP contribution is 2.29. The van der Waals surface area contributed by atoms with Crippen LogP contribution in [0.4, 0.5) is 0 Å². The van der Waals surface area contributed by atoms with Crippen molar-refractivity contribution < 1.29 is 9.53 Å². The van der Waals surface area contributed by atoms with Crippen molar-refractivity contribution in [3.05, 3.63) is 71.3 Å². The first kappa shape index (κ1) is 13.5. The molecule has 1 unspecified atom stereocenters. The quantitative estimate of drug-likeness (QED) is 0.777. The first-order chi connectivity index (χ1) is 9.08. The van der Waals surface area contributed by atoms with Crippen molar-refractivity contribution in [1.29, 1.82) is 0 Å². The van der Waals surface area contributed by atoms with Crippen molar-refractivity contribution in [3.8, 4) is 0 Å². The molecule has 0 N–H and O–H groups in total. The van der Waals surface area contributed by atoms with Gasteiger partial charge in [0.05, 0.1) is 0 Å². The minimum atomic E-state index is -0.949. The van der Waals surface area contributed by atoms with Crippen LogP contribution in [0, 0.1) is 6.92 Å². The van der Waals surface area contributed by atoms with Gasteiger partial charge in [-0.1, -0.05) is 60.2 Å². The Morgan fingerprint density at radius 1 is 1.00 bits per heavy atom. The fourth-order valence-electron chi connectivity index (χ4n) is 2.08. The van der Waals surface area contributed by atoms with E-state index in [0.29, 0.717) is 5.56 Å². The molecule has 2 aromatic rings. The summed E-state index contributed by atoms with van der Waals surface area (Å²) in [5, 5.41) is 0. The summed E-state index contributed by atoms with van der Waals surface area (Å²) in [7, 11) is 1.57. The van der Waals surface area contributed by atoms with Crippen LogP contribution in [-0.2, 0) is 10.3 Å². The number of ether oxygens (including phenoxy) is 1. The predicted octanol–water partition coefficient (Wildman–Crippen LogP) is 3.74. The van der Waals surface area contributed by atoms with Gasteiger partial charge in [0.25, 0.3) is 0 Å². The van der Waals surface area contributed by atoms with Gasteiger partial charge in [0.15, 0.2) is 11.4 Å². The lowest BCUT2D eigenvalue weighted by Crippen LogP contribution is -2.34. The maximum atomic E-state index is 12.7. The molecule has 0 saturated heterocycles. The summed E-state index contributed by atoms with van der Waals surface area (Å²) in [5.74, 6) is -0.0283. The molecule has 0 aliphatic heterocycles. The van der Waals surface area contributed by atoms with Crippen molar-refractivity contribution in [2.24, 2.45) is 0 Å². The maximum Gasteiger partial charge on any atom is 0.198 e. The monoisotopic (exact) mass is 254 g/mol. The molecule has 0 amide bonds. The highest BCUT2D eigenvalue weighted by molar-refractivity contribution is 6.02. The van der Waals surface area contributed by atoms with E-state index in [-0.39, 0.29) is 5.78 Å². The smallest absolute Gasteiger partial charge is 0.198 e. The van der Waals surface area contributed by atoms with Gasteiger partial charge < -0.3 is 4.74 Å². The third kappa shape index (κ3) is 2.59. The lowest BCUT2D eigenvalue weighted by Gasteiger charge is -2.27. The van der Waals surface area contributed by atoms with Crippen molar-refractivity contribution in [3.63, 3.8) is 0 Å². The Bertz CT molecular complexity index is 558. The summed E-state index contributed by atoms with van der Waals surface area (Å²) in [6.45, 7) is 3.83. The van der Waals surface area contributed by atoms with Gasteiger partial charge in [-0.25, -0.2) is 0 Å². The van der Waals surface area contributed by atoms with E-state index < -0.39 is 5.60 Å². The zero-order valence-corrected chi connectivity index (χ0v) is 11.5. The molecule has 98 valence electrons. The summed E-state index contributed by atoms with van der Waals surface area (Å²) >= 11 is 0. The zero-order chi connectivity index (χ0) is 13.9. The molecule has 19 heavy (non-hydrogen) atoms. The standard InChI is InChI=1S/C17H18O2/c1-13-9-11-15(12-10-13)17(2,19-3)16(18)14-7-5-4-6-8-14/h4-12H,1-3H3. The minimum Gasteiger partial charge on any atom is -0.366 e. The molecule has 0 heterocycles. The number of hydrogen-bond acceptors (Lipinski definition) is 2. The molecule has 0 radical (unpaired) electrons. The molecular weight excluding hydrogens is 236 g/mol. The number of rotatable bonds is 4. The molecule has 2 aromatic carbocycles. The lowest BCUT2D eigenvalue weighted by atomic mass is 9.87. The van der Waals surface area contributed by atoms with Crippen LogP contribution < -0.4 is 0 Å². The largest absolute Gasteiger partial charge is 0.366 e. The SMILES string of the molecule is COC(C)(C(=O)c1ccccc1)c1ccc(C)cc1. The van der Waals surface area contributed by atoms with Gasteiger partial charge >= 0.3 is 0 Å². The summed E-state index contributed by atoms with van der Waals surface area (Å²) < 4.78 is 5.53. The molecule has 0 spiro atoms. The van der Waals surface area contributed by atoms with E-state index in [1.54, 1.807) is 7.11 Å². The van der Waals surface area contributed by atoms with Gasteiger partial charge in [-0.15, -0.1) is 0 Å². The van der Waals surface area contributed by atoms with Crippen LogP contribution >= 0.6 is 0 Å². The van der Waals surface area contributed by atoms with E-state index in [4.69, 9.17) is 4.74 Å². The van der Waals surface area contributed by atoms with Crippen LogP contribution in [0.2, 0.25) is 0 Å². The second kappa shape index (κ2) is 5.37. The van der Waals surface area contributed by atoms with E-state index >= 15 is 0 Å². The second-order valence-corrected chi connectivity index (χ2v) is 4.80.